The van der Waals surface area contributed by atoms with Crippen LogP contribution in [0, 0.1) is 6.92 Å². The summed E-state index contributed by atoms with van der Waals surface area (Å²) in [7, 11) is 3.38. The first-order valence-corrected chi connectivity index (χ1v) is 18.0. The maximum absolute atomic E-state index is 12.8. The van der Waals surface area contributed by atoms with Gasteiger partial charge in [0.2, 0.25) is 5.91 Å². The molecule has 0 saturated carbocycles. The Kier molecular flexibility index (Phi) is 12.5. The minimum absolute atomic E-state index is 0.0816. The van der Waals surface area contributed by atoms with Crippen molar-refractivity contribution in [1.82, 2.24) is 25.1 Å². The molecule has 0 aliphatic carbocycles. The number of nitrogens with zero attached hydrogens (tertiary/aromatic N) is 3. The van der Waals surface area contributed by atoms with Crippen LogP contribution in [0.3, 0.4) is 0 Å². The summed E-state index contributed by atoms with van der Waals surface area (Å²) < 4.78 is 19.8. The lowest BCUT2D eigenvalue weighted by Gasteiger charge is -2.24. The fourth-order valence-corrected chi connectivity index (χ4v) is 5.13. The molecule has 244 valence electrons. The Hall–Kier alpha value is -3.28. The molecule has 2 aromatic heterocycles. The van der Waals surface area contributed by atoms with Crippen molar-refractivity contribution < 1.29 is 23.8 Å². The van der Waals surface area contributed by atoms with E-state index in [0.29, 0.717) is 31.4 Å². The lowest BCUT2D eigenvalue weighted by molar-refractivity contribution is -0.121. The zero-order valence-corrected chi connectivity index (χ0v) is 28.7. The van der Waals surface area contributed by atoms with Gasteiger partial charge in [0.25, 0.3) is 0 Å². The Morgan fingerprint density at radius 3 is 2.43 bits per heavy atom. The summed E-state index contributed by atoms with van der Waals surface area (Å²) in [6.45, 7) is 10.0. The summed E-state index contributed by atoms with van der Waals surface area (Å²) in [5, 5.41) is 6.75. The van der Waals surface area contributed by atoms with E-state index < -0.39 is 27.8 Å². The van der Waals surface area contributed by atoms with Crippen molar-refractivity contribution in [3.05, 3.63) is 53.9 Å². The van der Waals surface area contributed by atoms with Gasteiger partial charge < -0.3 is 34.3 Å². The smallest absolute Gasteiger partial charge is 0.408 e. The molecule has 2 heterocycles. The lowest BCUT2D eigenvalue weighted by atomic mass is 10.0. The second-order valence-corrected chi connectivity index (χ2v) is 17.8. The first-order valence-electron chi connectivity index (χ1n) is 15.0. The number of hydrogen-bond acceptors (Lipinski definition) is 7. The number of ether oxygens (including phenoxy) is 3. The number of pyridine rings is 1. The van der Waals surface area contributed by atoms with Crippen LogP contribution in [0.1, 0.15) is 50.8 Å². The number of hydrogen-bond donors (Lipinski definition) is 2. The van der Waals surface area contributed by atoms with Crippen molar-refractivity contribution in [2.24, 2.45) is 0 Å². The van der Waals surface area contributed by atoms with Crippen LogP contribution in [0.2, 0.25) is 0 Å². The third kappa shape index (κ3) is 11.7. The molecule has 44 heavy (non-hydrogen) atoms. The van der Waals surface area contributed by atoms with Crippen LogP contribution in [0.25, 0.3) is 11.0 Å². The molecule has 2 N–H and O–H groups in total. The summed E-state index contributed by atoms with van der Waals surface area (Å²) in [6.07, 6.45) is 11.0. The normalized spacial score (nSPS) is 13.1. The van der Waals surface area contributed by atoms with Gasteiger partial charge in [-0.15, -0.1) is 0 Å². The average Bonchev–Trinajstić information content (AvgIpc) is 3.23. The van der Waals surface area contributed by atoms with Crippen LogP contribution < -0.4 is 15.4 Å². The van der Waals surface area contributed by atoms with Crippen LogP contribution in [0.5, 0.6) is 11.5 Å². The maximum atomic E-state index is 12.8. The maximum Gasteiger partial charge on any atom is 0.408 e. The summed E-state index contributed by atoms with van der Waals surface area (Å²) in [4.78, 5) is 32.1. The van der Waals surface area contributed by atoms with E-state index in [1.165, 1.54) is 0 Å². The number of aromatic nitrogens is 2. The molecule has 3 rings (SSSR count). The van der Waals surface area contributed by atoms with Crippen molar-refractivity contribution in [1.29, 1.82) is 0 Å². The molecule has 1 unspecified atom stereocenters. The molecule has 0 fully saturated rings. The average molecular weight is 630 g/mol. The second kappa shape index (κ2) is 15.6. The van der Waals surface area contributed by atoms with E-state index in [-0.39, 0.29) is 12.3 Å². The fourth-order valence-electron chi connectivity index (χ4n) is 4.51. The minimum Gasteiger partial charge on any atom is -0.457 e. The third-order valence-corrected chi connectivity index (χ3v) is 8.07. The van der Waals surface area contributed by atoms with Crippen LogP contribution in [-0.4, -0.2) is 90.4 Å². The topological polar surface area (TPSA) is 107 Å². The van der Waals surface area contributed by atoms with Gasteiger partial charge in [-0.2, -0.15) is 0 Å². The molecule has 3 aromatic rings. The number of carbonyl (C=O) groups is 2. The van der Waals surface area contributed by atoms with Crippen molar-refractivity contribution in [3.63, 3.8) is 0 Å². The zero-order valence-electron chi connectivity index (χ0n) is 27.9. The highest BCUT2D eigenvalue weighted by atomic mass is 32.3. The molecule has 0 spiro atoms. The van der Waals surface area contributed by atoms with E-state index in [0.717, 1.165) is 40.9 Å². The van der Waals surface area contributed by atoms with E-state index in [1.54, 1.807) is 27.0 Å². The molecule has 0 radical (unpaired) electrons. The van der Waals surface area contributed by atoms with Crippen molar-refractivity contribution in [2.75, 3.05) is 58.3 Å². The Morgan fingerprint density at radius 1 is 1.09 bits per heavy atom. The highest BCUT2D eigenvalue weighted by Crippen LogP contribution is 2.35. The SMILES string of the molecule is Cc1cn(COCCS(C)(C)C)c2nccc(Oc3ccc(C(CC(=O)NCCCN(C)C)NC(=O)OC(C)(C)C)cc3)c12. The molecule has 0 saturated heterocycles. The molecular weight excluding hydrogens is 578 g/mol. The zero-order chi connectivity index (χ0) is 32.5. The van der Waals surface area contributed by atoms with Crippen molar-refractivity contribution in [3.8, 4) is 11.5 Å². The van der Waals surface area contributed by atoms with E-state index in [9.17, 15) is 9.59 Å². The van der Waals surface area contributed by atoms with Crippen LogP contribution in [0.4, 0.5) is 4.79 Å². The Labute approximate surface area is 264 Å². The van der Waals surface area contributed by atoms with Gasteiger partial charge >= 0.3 is 6.09 Å². The number of aryl methyl sites for hydroxylation is 1. The molecule has 10 nitrogen and oxygen atoms in total. The van der Waals surface area contributed by atoms with Gasteiger partial charge in [-0.3, -0.25) is 4.79 Å². The Balaban J connectivity index is 1.73. The third-order valence-electron chi connectivity index (χ3n) is 6.67. The second-order valence-electron chi connectivity index (χ2n) is 13.2. The van der Waals surface area contributed by atoms with E-state index in [4.69, 9.17) is 14.2 Å². The summed E-state index contributed by atoms with van der Waals surface area (Å²) >= 11 is 0. The van der Waals surface area contributed by atoms with Gasteiger partial charge in [-0.05, 0) is 103 Å². The number of rotatable bonds is 15. The number of nitrogens with one attached hydrogen (secondary N) is 2. The first-order chi connectivity index (χ1) is 20.6. The van der Waals surface area contributed by atoms with Gasteiger partial charge in [0, 0.05) is 24.7 Å². The highest BCUT2D eigenvalue weighted by Gasteiger charge is 2.23. The fraction of sp³-hybridized carbons (Fsp3) is 0.545. The minimum atomic E-state index is -0.660. The lowest BCUT2D eigenvalue weighted by Crippen LogP contribution is -2.37. The monoisotopic (exact) mass is 629 g/mol. The molecule has 0 aliphatic heterocycles. The van der Waals surface area contributed by atoms with Crippen LogP contribution in [-0.2, 0) is 21.0 Å². The molecule has 1 atom stereocenters. The van der Waals surface area contributed by atoms with Crippen LogP contribution >= 0.6 is 10.0 Å². The molecule has 0 bridgehead atoms. The number of alkyl carbamates (subject to hydrolysis) is 1. The number of benzene rings is 1. The quantitative estimate of drug-likeness (QED) is 0.204. The Bertz CT molecular complexity index is 1380. The largest absolute Gasteiger partial charge is 0.457 e. The molecule has 0 aliphatic rings. The molecular formula is C33H51N5O5S. The van der Waals surface area contributed by atoms with Gasteiger partial charge in [-0.1, -0.05) is 12.1 Å². The summed E-state index contributed by atoms with van der Waals surface area (Å²) in [5.41, 5.74) is 1.96. The number of fused-ring (bicyclic) bond motifs is 1. The highest BCUT2D eigenvalue weighted by molar-refractivity contribution is 8.32. The molecule has 2 amide bonds. The first kappa shape index (κ1) is 35.2. The van der Waals surface area contributed by atoms with E-state index in [2.05, 4.69) is 39.3 Å². The number of amides is 2. The Morgan fingerprint density at radius 2 is 1.80 bits per heavy atom. The number of carbonyl (C=O) groups excluding carboxylic acids is 2. The van der Waals surface area contributed by atoms with E-state index in [1.807, 2.05) is 62.1 Å². The van der Waals surface area contributed by atoms with Crippen molar-refractivity contribution in [2.45, 2.75) is 58.9 Å². The van der Waals surface area contributed by atoms with E-state index >= 15 is 0 Å². The van der Waals surface area contributed by atoms with Gasteiger partial charge in [0.1, 0.15) is 29.5 Å². The summed E-state index contributed by atoms with van der Waals surface area (Å²) in [5.74, 6) is 2.23. The standard InChI is InChI=1S/C33H51N5O5S/c1-24-22-38(23-41-19-20-44(7,8)9)31-30(24)28(15-17-35-31)42-26-13-11-25(12-14-26)27(36-32(40)43-33(2,3)4)21-29(39)34-16-10-18-37(5)6/h11-15,17,22,27H,10,16,18-21,23H2,1-9H3,(H,34,39)(H,36,40). The van der Waals surface area contributed by atoms with Gasteiger partial charge in [-0.25, -0.2) is 19.8 Å². The van der Waals surface area contributed by atoms with Gasteiger partial charge in [0.15, 0.2) is 0 Å². The predicted molar refractivity (Wildman–Crippen MR) is 180 cm³/mol. The van der Waals surface area contributed by atoms with Crippen LogP contribution in [0.15, 0.2) is 42.7 Å². The molecule has 1 aromatic carbocycles. The summed E-state index contributed by atoms with van der Waals surface area (Å²) in [6, 6.07) is 8.67. The van der Waals surface area contributed by atoms with Gasteiger partial charge in [0.05, 0.1) is 24.5 Å². The molecule has 11 heteroatoms. The van der Waals surface area contributed by atoms with Crippen molar-refractivity contribution >= 4 is 33.1 Å². The predicted octanol–water partition coefficient (Wildman–Crippen LogP) is 5.83.